The quantitative estimate of drug-likeness (QED) is 0.489. The standard InChI is InChI=1S/C25H32F3N3O3S/c26-25(27,28)17-6-11-22-21(14-17)24-20(23(31-22)16-4-2-1-3-5-16)10-9-19(34-24)15-30-35(32,33)13-12-29-18-7-8-18/h1-4,6,11,14,16,18-20,23-24,29-31H,5,7-10,12-13,15H2/t16?,19-,20+,23+,24+/m1/s1. The fourth-order valence-electron chi connectivity index (χ4n) is 5.39. The molecule has 4 aliphatic rings. The average molecular weight is 512 g/mol. The number of benzene rings is 1. The van der Waals surface area contributed by atoms with Crippen LogP contribution in [0.3, 0.4) is 0 Å². The van der Waals surface area contributed by atoms with Gasteiger partial charge in [0.25, 0.3) is 0 Å². The van der Waals surface area contributed by atoms with Crippen LogP contribution in [0.15, 0.2) is 42.5 Å². The molecule has 192 valence electrons. The number of rotatable bonds is 8. The van der Waals surface area contributed by atoms with Crippen LogP contribution in [0.25, 0.3) is 0 Å². The summed E-state index contributed by atoms with van der Waals surface area (Å²) in [5.74, 6) is 0.191. The highest BCUT2D eigenvalue weighted by Gasteiger charge is 2.45. The first-order valence-electron chi connectivity index (χ1n) is 12.4. The van der Waals surface area contributed by atoms with Crippen LogP contribution in [-0.4, -0.2) is 45.4 Å². The molecule has 0 bridgehead atoms. The fraction of sp³-hybridized carbons (Fsp3) is 0.600. The van der Waals surface area contributed by atoms with Gasteiger partial charge < -0.3 is 15.4 Å². The maximum atomic E-state index is 13.5. The van der Waals surface area contributed by atoms with E-state index in [0.29, 0.717) is 30.3 Å². The van der Waals surface area contributed by atoms with Crippen molar-refractivity contribution in [2.75, 3.05) is 24.2 Å². The number of nitrogens with one attached hydrogen (secondary N) is 3. The van der Waals surface area contributed by atoms with Crippen LogP contribution in [0.5, 0.6) is 0 Å². The summed E-state index contributed by atoms with van der Waals surface area (Å²) in [6.07, 6.45) is 7.28. The molecule has 0 amide bonds. The minimum absolute atomic E-state index is 0.00637. The summed E-state index contributed by atoms with van der Waals surface area (Å²) < 4.78 is 74.3. The second-order valence-electron chi connectivity index (χ2n) is 10.00. The average Bonchev–Trinajstić information content (AvgIpc) is 3.66. The summed E-state index contributed by atoms with van der Waals surface area (Å²) in [6, 6.07) is 4.24. The Balaban J connectivity index is 1.32. The Hall–Kier alpha value is -1.88. The zero-order chi connectivity index (χ0) is 24.6. The number of ether oxygens (including phenoxy) is 1. The van der Waals surface area contributed by atoms with E-state index in [1.165, 1.54) is 12.1 Å². The van der Waals surface area contributed by atoms with Gasteiger partial charge in [-0.1, -0.05) is 24.3 Å². The summed E-state index contributed by atoms with van der Waals surface area (Å²) in [5, 5.41) is 6.69. The van der Waals surface area contributed by atoms with Crippen LogP contribution >= 0.6 is 0 Å². The maximum Gasteiger partial charge on any atom is 0.416 e. The van der Waals surface area contributed by atoms with Gasteiger partial charge in [0.05, 0.1) is 23.5 Å². The Morgan fingerprint density at radius 2 is 1.94 bits per heavy atom. The van der Waals surface area contributed by atoms with Crippen molar-refractivity contribution in [2.24, 2.45) is 11.8 Å². The third-order valence-corrected chi connectivity index (χ3v) is 8.75. The number of halogens is 3. The van der Waals surface area contributed by atoms with Crippen LogP contribution in [0, 0.1) is 11.8 Å². The number of allylic oxidation sites excluding steroid dienone is 3. The fourth-order valence-corrected chi connectivity index (χ4v) is 6.36. The molecule has 35 heavy (non-hydrogen) atoms. The van der Waals surface area contributed by atoms with E-state index >= 15 is 0 Å². The van der Waals surface area contributed by atoms with E-state index in [2.05, 4.69) is 27.5 Å². The van der Waals surface area contributed by atoms with Gasteiger partial charge in [0, 0.05) is 48.3 Å². The van der Waals surface area contributed by atoms with Crippen LogP contribution < -0.4 is 15.4 Å². The topological polar surface area (TPSA) is 79.5 Å². The third-order valence-electron chi connectivity index (χ3n) is 7.41. The van der Waals surface area contributed by atoms with Crippen LogP contribution in [0.4, 0.5) is 18.9 Å². The number of hydrogen-bond acceptors (Lipinski definition) is 5. The van der Waals surface area contributed by atoms with Gasteiger partial charge in [-0.3, -0.25) is 0 Å². The SMILES string of the molecule is O=S(=O)(CCNC1CC1)NC[C@H]1CC[C@@H]2[C@H](O1)c1cc(C(F)(F)F)ccc1N[C@H]2C1C=CC=CC1. The predicted molar refractivity (Wildman–Crippen MR) is 128 cm³/mol. The van der Waals surface area contributed by atoms with Gasteiger partial charge in [-0.2, -0.15) is 13.2 Å². The minimum Gasteiger partial charge on any atom is -0.381 e. The van der Waals surface area contributed by atoms with Gasteiger partial charge in [0.2, 0.25) is 10.0 Å². The van der Waals surface area contributed by atoms with Gasteiger partial charge in [0.1, 0.15) is 0 Å². The van der Waals surface area contributed by atoms with Gasteiger partial charge in [0.15, 0.2) is 0 Å². The molecule has 1 aromatic rings. The molecule has 0 aromatic heterocycles. The lowest BCUT2D eigenvalue weighted by molar-refractivity contribution is -0.138. The normalized spacial score (nSPS) is 30.4. The summed E-state index contributed by atoms with van der Waals surface area (Å²) in [5.41, 5.74) is 0.447. The van der Waals surface area contributed by atoms with Gasteiger partial charge in [-0.15, -0.1) is 0 Å². The smallest absolute Gasteiger partial charge is 0.381 e. The first-order valence-corrected chi connectivity index (χ1v) is 14.0. The van der Waals surface area contributed by atoms with E-state index in [-0.39, 0.29) is 30.2 Å². The molecule has 0 radical (unpaired) electrons. The monoisotopic (exact) mass is 511 g/mol. The van der Waals surface area contributed by atoms with Crippen molar-refractivity contribution in [1.82, 2.24) is 10.0 Å². The molecule has 1 unspecified atom stereocenters. The largest absolute Gasteiger partial charge is 0.416 e. The highest BCUT2D eigenvalue weighted by atomic mass is 32.2. The van der Waals surface area contributed by atoms with Crippen molar-refractivity contribution < 1.29 is 26.3 Å². The molecule has 6 nitrogen and oxygen atoms in total. The number of alkyl halides is 3. The molecule has 0 spiro atoms. The van der Waals surface area contributed by atoms with E-state index in [1.54, 1.807) is 0 Å². The Morgan fingerprint density at radius 1 is 1.11 bits per heavy atom. The van der Waals surface area contributed by atoms with Crippen LogP contribution in [0.2, 0.25) is 0 Å². The van der Waals surface area contributed by atoms with Gasteiger partial charge in [-0.25, -0.2) is 13.1 Å². The lowest BCUT2D eigenvalue weighted by Gasteiger charge is -2.47. The molecule has 2 aliphatic heterocycles. The second-order valence-corrected chi connectivity index (χ2v) is 11.9. The van der Waals surface area contributed by atoms with Gasteiger partial charge >= 0.3 is 6.18 Å². The van der Waals surface area contributed by atoms with Crippen LogP contribution in [-0.2, 0) is 20.9 Å². The predicted octanol–water partition coefficient (Wildman–Crippen LogP) is 4.14. The minimum atomic E-state index is -4.45. The van der Waals surface area contributed by atoms with Crippen molar-refractivity contribution >= 4 is 15.7 Å². The molecule has 3 N–H and O–H groups in total. The van der Waals surface area contributed by atoms with Gasteiger partial charge in [-0.05, 0) is 50.3 Å². The molecule has 2 heterocycles. The van der Waals surface area contributed by atoms with E-state index < -0.39 is 34.0 Å². The second kappa shape index (κ2) is 9.88. The lowest BCUT2D eigenvalue weighted by atomic mass is 9.73. The molecule has 1 saturated carbocycles. The Morgan fingerprint density at radius 3 is 2.66 bits per heavy atom. The zero-order valence-electron chi connectivity index (χ0n) is 19.4. The Labute approximate surface area is 204 Å². The van der Waals surface area contributed by atoms with Crippen molar-refractivity contribution in [3.8, 4) is 0 Å². The molecule has 2 fully saturated rings. The van der Waals surface area contributed by atoms with Crippen molar-refractivity contribution in [1.29, 1.82) is 0 Å². The number of fused-ring (bicyclic) bond motifs is 3. The summed E-state index contributed by atoms with van der Waals surface area (Å²) in [6.45, 7) is 0.522. The summed E-state index contributed by atoms with van der Waals surface area (Å²) in [4.78, 5) is 0. The number of hydrogen-bond donors (Lipinski definition) is 3. The Bertz CT molecular complexity index is 1090. The molecule has 10 heteroatoms. The number of anilines is 1. The molecule has 5 rings (SSSR count). The molecule has 1 aromatic carbocycles. The molecular weight excluding hydrogens is 479 g/mol. The molecular formula is C25H32F3N3O3S. The molecule has 5 atom stereocenters. The van der Waals surface area contributed by atoms with Crippen LogP contribution in [0.1, 0.15) is 49.3 Å². The Kier molecular flexibility index (Phi) is 7.00. The van der Waals surface area contributed by atoms with E-state index in [4.69, 9.17) is 4.74 Å². The van der Waals surface area contributed by atoms with Crippen molar-refractivity contribution in [3.05, 3.63) is 53.6 Å². The van der Waals surface area contributed by atoms with E-state index in [9.17, 15) is 21.6 Å². The summed E-state index contributed by atoms with van der Waals surface area (Å²) >= 11 is 0. The highest BCUT2D eigenvalue weighted by molar-refractivity contribution is 7.89. The van der Waals surface area contributed by atoms with E-state index in [1.807, 2.05) is 12.2 Å². The highest BCUT2D eigenvalue weighted by Crippen LogP contribution is 2.49. The van der Waals surface area contributed by atoms with Crippen molar-refractivity contribution in [3.63, 3.8) is 0 Å². The lowest BCUT2D eigenvalue weighted by Crippen LogP contribution is -2.48. The number of sulfonamides is 1. The first-order chi connectivity index (χ1) is 16.7. The third kappa shape index (κ3) is 5.93. The zero-order valence-corrected chi connectivity index (χ0v) is 20.2. The molecule has 2 aliphatic carbocycles. The van der Waals surface area contributed by atoms with Crippen molar-refractivity contribution in [2.45, 2.75) is 62.6 Å². The van der Waals surface area contributed by atoms with E-state index in [0.717, 1.165) is 31.7 Å². The molecule has 1 saturated heterocycles. The summed E-state index contributed by atoms with van der Waals surface area (Å²) in [7, 11) is -3.46. The maximum absolute atomic E-state index is 13.5. The first kappa shape index (κ1) is 24.8.